The zero-order valence-corrected chi connectivity index (χ0v) is 8.17. The van der Waals surface area contributed by atoms with E-state index < -0.39 is 5.54 Å². The highest BCUT2D eigenvalue weighted by atomic mass is 35.5. The Hall–Kier alpha value is -0.770. The minimum atomic E-state index is -0.841. The Labute approximate surface area is 82.3 Å². The first kappa shape index (κ1) is 10.3. The minimum Gasteiger partial charge on any atom is -0.399 e. The van der Waals surface area contributed by atoms with Gasteiger partial charge >= 0.3 is 0 Å². The molecule has 1 aromatic rings. The highest BCUT2D eigenvalue weighted by Gasteiger charge is 2.22. The van der Waals surface area contributed by atoms with Gasteiger partial charge < -0.3 is 16.6 Å². The third kappa shape index (κ3) is 2.12. The number of anilines is 1. The van der Waals surface area contributed by atoms with Crippen LogP contribution in [0.4, 0.5) is 5.69 Å². The maximum Gasteiger partial charge on any atom is 0.0651 e. The fraction of sp³-hybridized carbons (Fsp3) is 0.333. The van der Waals surface area contributed by atoms with Crippen LogP contribution in [0.25, 0.3) is 0 Å². The Morgan fingerprint density at radius 3 is 2.69 bits per heavy atom. The van der Waals surface area contributed by atoms with Crippen molar-refractivity contribution < 1.29 is 5.11 Å². The lowest BCUT2D eigenvalue weighted by atomic mass is 9.94. The van der Waals surface area contributed by atoms with Crippen molar-refractivity contribution >= 4 is 17.3 Å². The summed E-state index contributed by atoms with van der Waals surface area (Å²) in [6.45, 7) is 1.53. The van der Waals surface area contributed by atoms with Crippen molar-refractivity contribution in [2.24, 2.45) is 5.73 Å². The quantitative estimate of drug-likeness (QED) is 0.626. The zero-order chi connectivity index (χ0) is 10.1. The van der Waals surface area contributed by atoms with Gasteiger partial charge in [0.25, 0.3) is 0 Å². The van der Waals surface area contributed by atoms with Gasteiger partial charge in [-0.1, -0.05) is 11.6 Å². The first-order valence-electron chi connectivity index (χ1n) is 3.92. The molecule has 72 valence electrons. The fourth-order valence-corrected chi connectivity index (χ4v) is 1.40. The summed E-state index contributed by atoms with van der Waals surface area (Å²) in [6, 6.07) is 5.05. The summed E-state index contributed by atoms with van der Waals surface area (Å²) < 4.78 is 0. The number of nitrogens with two attached hydrogens (primary N) is 2. The van der Waals surface area contributed by atoms with E-state index in [9.17, 15) is 0 Å². The molecule has 0 amide bonds. The van der Waals surface area contributed by atoms with Crippen LogP contribution in [0.15, 0.2) is 18.2 Å². The van der Waals surface area contributed by atoms with Crippen molar-refractivity contribution in [1.82, 2.24) is 0 Å². The molecule has 0 fully saturated rings. The summed E-state index contributed by atoms with van der Waals surface area (Å²) in [6.07, 6.45) is 0. The largest absolute Gasteiger partial charge is 0.399 e. The van der Waals surface area contributed by atoms with Crippen molar-refractivity contribution in [3.8, 4) is 0 Å². The molecule has 0 unspecified atom stereocenters. The van der Waals surface area contributed by atoms with Gasteiger partial charge in [0.15, 0.2) is 0 Å². The SMILES string of the molecule is C[C@@](N)(CO)c1cc(N)ccc1Cl. The van der Waals surface area contributed by atoms with Gasteiger partial charge in [0.1, 0.15) is 0 Å². The first-order chi connectivity index (χ1) is 5.97. The molecule has 0 saturated carbocycles. The van der Waals surface area contributed by atoms with Gasteiger partial charge in [-0.05, 0) is 30.7 Å². The molecule has 0 aliphatic carbocycles. The fourth-order valence-electron chi connectivity index (χ4n) is 1.07. The van der Waals surface area contributed by atoms with Crippen molar-refractivity contribution in [3.05, 3.63) is 28.8 Å². The average Bonchev–Trinajstić information content (AvgIpc) is 2.09. The second-order valence-electron chi connectivity index (χ2n) is 3.31. The van der Waals surface area contributed by atoms with E-state index in [4.69, 9.17) is 28.2 Å². The van der Waals surface area contributed by atoms with E-state index in [1.807, 2.05) is 0 Å². The van der Waals surface area contributed by atoms with E-state index >= 15 is 0 Å². The number of hydrogen-bond acceptors (Lipinski definition) is 3. The summed E-state index contributed by atoms with van der Waals surface area (Å²) in [5, 5.41) is 9.56. The standard InChI is InChI=1S/C9H13ClN2O/c1-9(12,5-13)7-4-6(11)2-3-8(7)10/h2-4,13H,5,11-12H2,1H3/t9-/m1/s1. The molecule has 0 radical (unpaired) electrons. The van der Waals surface area contributed by atoms with Gasteiger partial charge in [-0.15, -0.1) is 0 Å². The molecule has 0 aliphatic rings. The number of rotatable bonds is 2. The van der Waals surface area contributed by atoms with Gasteiger partial charge in [0.2, 0.25) is 0 Å². The van der Waals surface area contributed by atoms with Crippen LogP contribution in [0.3, 0.4) is 0 Å². The molecule has 5 N–H and O–H groups in total. The highest BCUT2D eigenvalue weighted by molar-refractivity contribution is 6.31. The van der Waals surface area contributed by atoms with Gasteiger partial charge in [-0.2, -0.15) is 0 Å². The molecule has 3 nitrogen and oxygen atoms in total. The number of aliphatic hydroxyl groups excluding tert-OH is 1. The number of benzene rings is 1. The predicted octanol–water partition coefficient (Wildman–Crippen LogP) is 1.09. The Kier molecular flexibility index (Phi) is 2.81. The number of halogens is 1. The van der Waals surface area contributed by atoms with Crippen molar-refractivity contribution in [2.75, 3.05) is 12.3 Å². The Morgan fingerprint density at radius 2 is 2.15 bits per heavy atom. The molecule has 1 rings (SSSR count). The first-order valence-corrected chi connectivity index (χ1v) is 4.30. The topological polar surface area (TPSA) is 72.3 Å². The third-order valence-corrected chi connectivity index (χ3v) is 2.26. The lowest BCUT2D eigenvalue weighted by Crippen LogP contribution is -2.37. The van der Waals surface area contributed by atoms with Gasteiger partial charge in [-0.25, -0.2) is 0 Å². The molecule has 0 aromatic heterocycles. The molecule has 0 bridgehead atoms. The van der Waals surface area contributed by atoms with Gasteiger partial charge in [0, 0.05) is 10.7 Å². The van der Waals surface area contributed by atoms with Crippen molar-refractivity contribution in [2.45, 2.75) is 12.5 Å². The summed E-state index contributed by atoms with van der Waals surface area (Å²) in [5.41, 5.74) is 11.8. The lowest BCUT2D eigenvalue weighted by Gasteiger charge is -2.23. The number of aliphatic hydroxyl groups is 1. The maximum absolute atomic E-state index is 9.04. The van der Waals surface area contributed by atoms with Crippen LogP contribution in [0.1, 0.15) is 12.5 Å². The molecule has 4 heteroatoms. The number of nitrogen functional groups attached to an aromatic ring is 1. The highest BCUT2D eigenvalue weighted by Crippen LogP contribution is 2.27. The summed E-state index contributed by atoms with van der Waals surface area (Å²) in [4.78, 5) is 0. The van der Waals surface area contributed by atoms with Gasteiger partial charge in [-0.3, -0.25) is 0 Å². The molecular formula is C9H13ClN2O. The molecule has 0 aliphatic heterocycles. The van der Waals surface area contributed by atoms with E-state index in [2.05, 4.69) is 0 Å². The predicted molar refractivity (Wildman–Crippen MR) is 54.5 cm³/mol. The minimum absolute atomic E-state index is 0.170. The molecule has 1 aromatic carbocycles. The van der Waals surface area contributed by atoms with E-state index in [0.29, 0.717) is 16.3 Å². The van der Waals surface area contributed by atoms with Crippen LogP contribution < -0.4 is 11.5 Å². The maximum atomic E-state index is 9.04. The van der Waals surface area contributed by atoms with E-state index in [0.717, 1.165) is 0 Å². The molecule has 0 saturated heterocycles. The third-order valence-electron chi connectivity index (χ3n) is 1.93. The number of hydrogen-bond donors (Lipinski definition) is 3. The average molecular weight is 201 g/mol. The molecule has 13 heavy (non-hydrogen) atoms. The summed E-state index contributed by atoms with van der Waals surface area (Å²) in [7, 11) is 0. The normalized spacial score (nSPS) is 15.4. The van der Waals surface area contributed by atoms with Gasteiger partial charge in [0.05, 0.1) is 12.1 Å². The van der Waals surface area contributed by atoms with Crippen LogP contribution in [-0.2, 0) is 5.54 Å². The Bertz CT molecular complexity index is 312. The van der Waals surface area contributed by atoms with E-state index in [1.54, 1.807) is 25.1 Å². The zero-order valence-electron chi connectivity index (χ0n) is 7.42. The van der Waals surface area contributed by atoms with Crippen LogP contribution in [0, 0.1) is 0 Å². The van der Waals surface area contributed by atoms with Crippen LogP contribution in [0.5, 0.6) is 0 Å². The Morgan fingerprint density at radius 1 is 1.54 bits per heavy atom. The van der Waals surface area contributed by atoms with Crippen LogP contribution >= 0.6 is 11.6 Å². The lowest BCUT2D eigenvalue weighted by molar-refractivity contribution is 0.210. The molecule has 0 spiro atoms. The second kappa shape index (κ2) is 3.54. The van der Waals surface area contributed by atoms with Crippen LogP contribution in [0.2, 0.25) is 5.02 Å². The molecule has 0 heterocycles. The van der Waals surface area contributed by atoms with Crippen LogP contribution in [-0.4, -0.2) is 11.7 Å². The second-order valence-corrected chi connectivity index (χ2v) is 3.72. The molecule has 1 atom stereocenters. The summed E-state index contributed by atoms with van der Waals surface area (Å²) >= 11 is 5.91. The Balaban J connectivity index is 3.20. The van der Waals surface area contributed by atoms with Crippen molar-refractivity contribution in [1.29, 1.82) is 0 Å². The van der Waals surface area contributed by atoms with E-state index in [-0.39, 0.29) is 6.61 Å². The smallest absolute Gasteiger partial charge is 0.0651 e. The molecular weight excluding hydrogens is 188 g/mol. The van der Waals surface area contributed by atoms with E-state index in [1.165, 1.54) is 0 Å². The monoisotopic (exact) mass is 200 g/mol. The summed E-state index contributed by atoms with van der Waals surface area (Å²) in [5.74, 6) is 0. The van der Waals surface area contributed by atoms with Crippen molar-refractivity contribution in [3.63, 3.8) is 0 Å².